The molecule has 92 valence electrons. The van der Waals surface area contributed by atoms with Gasteiger partial charge in [0.2, 0.25) is 0 Å². The van der Waals surface area contributed by atoms with Crippen molar-refractivity contribution in [3.8, 4) is 11.5 Å². The average Bonchev–Trinajstić information content (AvgIpc) is 2.28. The summed E-state index contributed by atoms with van der Waals surface area (Å²) in [6, 6.07) is 7.24. The van der Waals surface area contributed by atoms with Crippen molar-refractivity contribution < 1.29 is 9.66 Å². The molecule has 0 saturated heterocycles. The molecule has 0 aliphatic heterocycles. The number of hydrogen-bond acceptors (Lipinski definition) is 4. The molecule has 7 heteroatoms. The highest BCUT2D eigenvalue weighted by molar-refractivity contribution is 6.32. The smallest absolute Gasteiger partial charge is 0.288 e. The first-order valence-electron chi connectivity index (χ1n) is 4.79. The van der Waals surface area contributed by atoms with E-state index in [4.69, 9.17) is 27.9 Å². The molecule has 5 nitrogen and oxygen atoms in total. The van der Waals surface area contributed by atoms with Crippen molar-refractivity contribution in [2.24, 2.45) is 0 Å². The first-order valence-corrected chi connectivity index (χ1v) is 5.55. The molecule has 0 unspecified atom stereocenters. The summed E-state index contributed by atoms with van der Waals surface area (Å²) in [5.74, 6) is 0.854. The van der Waals surface area contributed by atoms with Gasteiger partial charge in [0.15, 0.2) is 0 Å². The number of benzene rings is 1. The van der Waals surface area contributed by atoms with E-state index in [1.54, 1.807) is 6.07 Å². The zero-order valence-corrected chi connectivity index (χ0v) is 10.4. The number of pyridine rings is 1. The maximum atomic E-state index is 10.6. The number of aromatic nitrogens is 1. The van der Waals surface area contributed by atoms with Crippen molar-refractivity contribution in [3.63, 3.8) is 0 Å². The lowest BCUT2D eigenvalue weighted by Gasteiger charge is -2.05. The fourth-order valence-electron chi connectivity index (χ4n) is 1.28. The molecule has 0 N–H and O–H groups in total. The van der Waals surface area contributed by atoms with Gasteiger partial charge in [-0.05, 0) is 12.1 Å². The van der Waals surface area contributed by atoms with E-state index in [1.165, 1.54) is 30.5 Å². The van der Waals surface area contributed by atoms with Crippen LogP contribution in [0.2, 0.25) is 10.2 Å². The standard InChI is InChI=1S/C11H6Cl2N2O3/c12-9-5-7(1-2-10(9)15(16)17)18-8-3-4-14-11(13)6-8/h1-6H. The van der Waals surface area contributed by atoms with Gasteiger partial charge in [-0.15, -0.1) is 0 Å². The minimum Gasteiger partial charge on any atom is -0.457 e. The lowest BCUT2D eigenvalue weighted by atomic mass is 10.3. The van der Waals surface area contributed by atoms with Crippen LogP contribution < -0.4 is 4.74 Å². The second-order valence-corrected chi connectivity index (χ2v) is 4.08. The van der Waals surface area contributed by atoms with Gasteiger partial charge in [-0.2, -0.15) is 0 Å². The molecule has 0 fully saturated rings. The van der Waals surface area contributed by atoms with Crippen molar-refractivity contribution in [1.82, 2.24) is 4.98 Å². The molecule has 2 rings (SSSR count). The second kappa shape index (κ2) is 5.20. The molecule has 0 atom stereocenters. The van der Waals surface area contributed by atoms with E-state index in [1.807, 2.05) is 0 Å². The van der Waals surface area contributed by atoms with Crippen LogP contribution in [0.25, 0.3) is 0 Å². The summed E-state index contributed by atoms with van der Waals surface area (Å²) in [6.07, 6.45) is 1.49. The van der Waals surface area contributed by atoms with Gasteiger partial charge in [0.25, 0.3) is 5.69 Å². The van der Waals surface area contributed by atoms with E-state index in [9.17, 15) is 10.1 Å². The Balaban J connectivity index is 2.25. The van der Waals surface area contributed by atoms with Gasteiger partial charge in [-0.3, -0.25) is 10.1 Å². The number of nitrogens with zero attached hydrogens (tertiary/aromatic N) is 2. The lowest BCUT2D eigenvalue weighted by Crippen LogP contribution is -1.90. The lowest BCUT2D eigenvalue weighted by molar-refractivity contribution is -0.384. The molecule has 0 radical (unpaired) electrons. The molecule has 0 amide bonds. The minimum absolute atomic E-state index is 0.0117. The fourth-order valence-corrected chi connectivity index (χ4v) is 1.69. The van der Waals surface area contributed by atoms with E-state index < -0.39 is 4.92 Å². The molecular formula is C11H6Cl2N2O3. The Morgan fingerprint density at radius 3 is 2.50 bits per heavy atom. The second-order valence-electron chi connectivity index (χ2n) is 3.29. The summed E-state index contributed by atoms with van der Waals surface area (Å²) in [7, 11) is 0. The number of nitro benzene ring substituents is 1. The predicted molar refractivity (Wildman–Crippen MR) is 67.4 cm³/mol. The monoisotopic (exact) mass is 284 g/mol. The number of halogens is 2. The molecule has 0 spiro atoms. The summed E-state index contributed by atoms with van der Waals surface area (Å²) in [5, 5.41) is 10.9. The van der Waals surface area contributed by atoms with Gasteiger partial charge in [0, 0.05) is 24.4 Å². The summed E-state index contributed by atoms with van der Waals surface area (Å²) in [4.78, 5) is 13.8. The molecule has 18 heavy (non-hydrogen) atoms. The Morgan fingerprint density at radius 1 is 1.17 bits per heavy atom. The quantitative estimate of drug-likeness (QED) is 0.484. The van der Waals surface area contributed by atoms with E-state index in [0.29, 0.717) is 16.7 Å². The molecule has 1 aromatic carbocycles. The van der Waals surface area contributed by atoms with Gasteiger partial charge in [-0.1, -0.05) is 23.2 Å². The van der Waals surface area contributed by atoms with Gasteiger partial charge in [0.05, 0.1) is 4.92 Å². The van der Waals surface area contributed by atoms with E-state index in [2.05, 4.69) is 4.98 Å². The van der Waals surface area contributed by atoms with E-state index in [-0.39, 0.29) is 10.7 Å². The largest absolute Gasteiger partial charge is 0.457 e. The van der Waals surface area contributed by atoms with Crippen molar-refractivity contribution in [3.05, 3.63) is 56.8 Å². The van der Waals surface area contributed by atoms with Crippen LogP contribution in [0, 0.1) is 10.1 Å². The van der Waals surface area contributed by atoms with Crippen molar-refractivity contribution in [1.29, 1.82) is 0 Å². The van der Waals surface area contributed by atoms with Crippen LogP contribution in [0.5, 0.6) is 11.5 Å². The van der Waals surface area contributed by atoms with Gasteiger partial charge in [0.1, 0.15) is 21.7 Å². The summed E-state index contributed by atoms with van der Waals surface area (Å²) in [6.45, 7) is 0. The molecule has 0 aliphatic rings. The third-order valence-corrected chi connectivity index (χ3v) is 2.56. The van der Waals surface area contributed by atoms with Crippen LogP contribution >= 0.6 is 23.2 Å². The van der Waals surface area contributed by atoms with Crippen LogP contribution in [-0.4, -0.2) is 9.91 Å². The maximum absolute atomic E-state index is 10.6. The summed E-state index contributed by atoms with van der Waals surface area (Å²) < 4.78 is 5.44. The molecule has 1 aromatic heterocycles. The van der Waals surface area contributed by atoms with E-state index in [0.717, 1.165) is 0 Å². The van der Waals surface area contributed by atoms with Crippen LogP contribution in [0.15, 0.2) is 36.5 Å². The SMILES string of the molecule is O=[N+]([O-])c1ccc(Oc2ccnc(Cl)c2)cc1Cl. The zero-order chi connectivity index (χ0) is 13.1. The topological polar surface area (TPSA) is 65.3 Å². The van der Waals surface area contributed by atoms with Crippen LogP contribution in [0.4, 0.5) is 5.69 Å². The maximum Gasteiger partial charge on any atom is 0.288 e. The highest BCUT2D eigenvalue weighted by atomic mass is 35.5. The van der Waals surface area contributed by atoms with Crippen LogP contribution in [0.3, 0.4) is 0 Å². The predicted octanol–water partition coefficient (Wildman–Crippen LogP) is 4.09. The third kappa shape index (κ3) is 2.88. The zero-order valence-electron chi connectivity index (χ0n) is 8.84. The molecular weight excluding hydrogens is 279 g/mol. The highest BCUT2D eigenvalue weighted by Crippen LogP contribution is 2.31. The van der Waals surface area contributed by atoms with Crippen LogP contribution in [-0.2, 0) is 0 Å². The Morgan fingerprint density at radius 2 is 1.89 bits per heavy atom. The number of ether oxygens (including phenoxy) is 1. The Bertz CT molecular complexity index is 605. The average molecular weight is 285 g/mol. The summed E-state index contributed by atoms with van der Waals surface area (Å²) in [5.41, 5.74) is -0.170. The Labute approximate surface area is 112 Å². The Hall–Kier alpha value is -1.85. The molecule has 2 aromatic rings. The first-order chi connectivity index (χ1) is 8.56. The van der Waals surface area contributed by atoms with Gasteiger partial charge in [-0.25, -0.2) is 4.98 Å². The van der Waals surface area contributed by atoms with Crippen molar-refractivity contribution in [2.75, 3.05) is 0 Å². The highest BCUT2D eigenvalue weighted by Gasteiger charge is 2.12. The van der Waals surface area contributed by atoms with Crippen molar-refractivity contribution >= 4 is 28.9 Å². The first kappa shape index (κ1) is 12.6. The normalized spacial score (nSPS) is 10.1. The molecule has 0 bridgehead atoms. The fraction of sp³-hybridized carbons (Fsp3) is 0. The number of nitro groups is 1. The molecule has 1 heterocycles. The number of hydrogen-bond donors (Lipinski definition) is 0. The number of rotatable bonds is 3. The van der Waals surface area contributed by atoms with Gasteiger partial charge >= 0.3 is 0 Å². The molecule has 0 saturated carbocycles. The van der Waals surface area contributed by atoms with Gasteiger partial charge < -0.3 is 4.74 Å². The van der Waals surface area contributed by atoms with Crippen molar-refractivity contribution in [2.45, 2.75) is 0 Å². The third-order valence-electron chi connectivity index (χ3n) is 2.05. The molecule has 0 aliphatic carbocycles. The minimum atomic E-state index is -0.560. The van der Waals surface area contributed by atoms with Crippen LogP contribution in [0.1, 0.15) is 0 Å². The Kier molecular flexibility index (Phi) is 3.64. The summed E-state index contributed by atoms with van der Waals surface area (Å²) >= 11 is 11.5. The van der Waals surface area contributed by atoms with E-state index >= 15 is 0 Å².